The van der Waals surface area contributed by atoms with Crippen LogP contribution in [0.3, 0.4) is 0 Å². The first-order valence-electron chi connectivity index (χ1n) is 5.67. The molecule has 1 heterocycles. The Bertz CT molecular complexity index is 194. The Hall–Kier alpha value is -0.900. The van der Waals surface area contributed by atoms with Gasteiger partial charge < -0.3 is 10.1 Å². The van der Waals surface area contributed by atoms with Crippen molar-refractivity contribution in [1.82, 2.24) is 5.32 Å². The van der Waals surface area contributed by atoms with E-state index in [-0.39, 0.29) is 18.2 Å². The molecule has 1 aliphatic rings. The Kier molecular flexibility index (Phi) is 6.00. The highest BCUT2D eigenvalue weighted by molar-refractivity contribution is 5.95. The Labute approximate surface area is 90.4 Å². The second-order valence-corrected chi connectivity index (χ2v) is 3.85. The highest BCUT2D eigenvalue weighted by atomic mass is 16.5. The van der Waals surface area contributed by atoms with Crippen LogP contribution in [0, 0.1) is 0 Å². The predicted octanol–water partition coefficient (Wildman–Crippen LogP) is 1.04. The third-order valence-corrected chi connectivity index (χ3v) is 2.44. The number of ketones is 1. The fourth-order valence-corrected chi connectivity index (χ4v) is 1.59. The van der Waals surface area contributed by atoms with E-state index in [0.717, 1.165) is 32.2 Å². The highest BCUT2D eigenvalue weighted by Gasteiger charge is 2.10. The molecule has 4 heteroatoms. The van der Waals surface area contributed by atoms with E-state index in [4.69, 9.17) is 4.74 Å². The van der Waals surface area contributed by atoms with E-state index < -0.39 is 0 Å². The number of esters is 1. The van der Waals surface area contributed by atoms with Crippen LogP contribution in [0.4, 0.5) is 0 Å². The zero-order valence-electron chi connectivity index (χ0n) is 9.09. The second-order valence-electron chi connectivity index (χ2n) is 3.85. The van der Waals surface area contributed by atoms with Crippen LogP contribution in [0.2, 0.25) is 0 Å². The van der Waals surface area contributed by atoms with Crippen LogP contribution in [-0.2, 0) is 14.3 Å². The predicted molar refractivity (Wildman–Crippen MR) is 56.5 cm³/mol. The number of carbonyl (C=O) groups excluding carboxylic acids is 2. The van der Waals surface area contributed by atoms with Crippen molar-refractivity contribution in [3.05, 3.63) is 0 Å². The fourth-order valence-electron chi connectivity index (χ4n) is 1.59. The monoisotopic (exact) mass is 213 g/mol. The molecule has 86 valence electrons. The summed E-state index contributed by atoms with van der Waals surface area (Å²) in [7, 11) is 0. The lowest BCUT2D eigenvalue weighted by atomic mass is 10.1. The number of hydrogen-bond acceptors (Lipinski definition) is 4. The lowest BCUT2D eigenvalue weighted by Crippen LogP contribution is -2.22. The Morgan fingerprint density at radius 2 is 1.80 bits per heavy atom. The first-order valence-corrected chi connectivity index (χ1v) is 5.67. The number of cyclic esters (lactones) is 1. The SMILES string of the molecule is O=C1CCCCCCNCCOC(=O)C1. The average molecular weight is 213 g/mol. The normalized spacial score (nSPS) is 22.1. The van der Waals surface area contributed by atoms with Gasteiger partial charge in [0, 0.05) is 13.0 Å². The molecule has 0 radical (unpaired) electrons. The maximum atomic E-state index is 11.3. The molecule has 0 atom stereocenters. The van der Waals surface area contributed by atoms with Gasteiger partial charge in [0.15, 0.2) is 0 Å². The van der Waals surface area contributed by atoms with Crippen LogP contribution >= 0.6 is 0 Å². The Morgan fingerprint density at radius 1 is 1.00 bits per heavy atom. The van der Waals surface area contributed by atoms with Gasteiger partial charge in [-0.15, -0.1) is 0 Å². The van der Waals surface area contributed by atoms with Crippen molar-refractivity contribution < 1.29 is 14.3 Å². The molecule has 0 aromatic carbocycles. The molecule has 0 amide bonds. The molecule has 1 fully saturated rings. The van der Waals surface area contributed by atoms with Crippen molar-refractivity contribution >= 4 is 11.8 Å². The summed E-state index contributed by atoms with van der Waals surface area (Å²) in [6, 6.07) is 0. The quantitative estimate of drug-likeness (QED) is 0.482. The first-order chi connectivity index (χ1) is 7.29. The maximum Gasteiger partial charge on any atom is 0.313 e. The third-order valence-electron chi connectivity index (χ3n) is 2.44. The summed E-state index contributed by atoms with van der Waals surface area (Å²) in [5, 5.41) is 3.19. The first kappa shape index (κ1) is 12.2. The molecule has 0 saturated carbocycles. The maximum absolute atomic E-state index is 11.3. The minimum atomic E-state index is -0.388. The van der Waals surface area contributed by atoms with Crippen molar-refractivity contribution in [2.45, 2.75) is 38.5 Å². The van der Waals surface area contributed by atoms with E-state index in [1.165, 1.54) is 0 Å². The summed E-state index contributed by atoms with van der Waals surface area (Å²) in [6.45, 7) is 2.01. The van der Waals surface area contributed by atoms with Gasteiger partial charge >= 0.3 is 5.97 Å². The topological polar surface area (TPSA) is 55.4 Å². The van der Waals surface area contributed by atoms with Gasteiger partial charge in [-0.05, 0) is 19.4 Å². The lowest BCUT2D eigenvalue weighted by molar-refractivity contribution is -0.145. The molecule has 0 unspecified atom stereocenters. The second kappa shape index (κ2) is 7.40. The molecular weight excluding hydrogens is 194 g/mol. The molecule has 4 nitrogen and oxygen atoms in total. The van der Waals surface area contributed by atoms with Gasteiger partial charge in [0.25, 0.3) is 0 Å². The summed E-state index contributed by atoms with van der Waals surface area (Å²) in [5.41, 5.74) is 0. The molecule has 0 spiro atoms. The highest BCUT2D eigenvalue weighted by Crippen LogP contribution is 2.05. The number of Topliss-reactive ketones (excluding diaryl/α,β-unsaturated/α-hetero) is 1. The lowest BCUT2D eigenvalue weighted by Gasteiger charge is -2.04. The van der Waals surface area contributed by atoms with Crippen LogP contribution in [0.1, 0.15) is 38.5 Å². The van der Waals surface area contributed by atoms with Crippen LogP contribution in [0.5, 0.6) is 0 Å². The summed E-state index contributed by atoms with van der Waals surface area (Å²) < 4.78 is 4.90. The van der Waals surface area contributed by atoms with Crippen LogP contribution in [0.15, 0.2) is 0 Å². The number of hydrogen-bond donors (Lipinski definition) is 1. The Balaban J connectivity index is 2.29. The van der Waals surface area contributed by atoms with E-state index in [9.17, 15) is 9.59 Å². The third kappa shape index (κ3) is 6.23. The van der Waals surface area contributed by atoms with Crippen LogP contribution in [0.25, 0.3) is 0 Å². The average Bonchev–Trinajstić information content (AvgIpc) is 2.21. The van der Waals surface area contributed by atoms with E-state index >= 15 is 0 Å². The molecule has 15 heavy (non-hydrogen) atoms. The van der Waals surface area contributed by atoms with Crippen LogP contribution < -0.4 is 5.32 Å². The van der Waals surface area contributed by atoms with E-state index in [2.05, 4.69) is 5.32 Å². The minimum absolute atomic E-state index is 0.00667. The van der Waals surface area contributed by atoms with Gasteiger partial charge in [-0.3, -0.25) is 9.59 Å². The van der Waals surface area contributed by atoms with Gasteiger partial charge in [0.05, 0.1) is 0 Å². The van der Waals surface area contributed by atoms with E-state index in [1.54, 1.807) is 0 Å². The van der Waals surface area contributed by atoms with Gasteiger partial charge in [0.2, 0.25) is 0 Å². The molecule has 1 aliphatic heterocycles. The van der Waals surface area contributed by atoms with Crippen molar-refractivity contribution in [2.24, 2.45) is 0 Å². The smallest absolute Gasteiger partial charge is 0.313 e. The van der Waals surface area contributed by atoms with E-state index in [0.29, 0.717) is 19.6 Å². The van der Waals surface area contributed by atoms with Gasteiger partial charge in [-0.1, -0.05) is 12.8 Å². The zero-order chi connectivity index (χ0) is 10.9. The summed E-state index contributed by atoms with van der Waals surface area (Å²) in [4.78, 5) is 22.4. The van der Waals surface area contributed by atoms with Crippen molar-refractivity contribution in [3.8, 4) is 0 Å². The molecule has 0 bridgehead atoms. The molecule has 0 aromatic heterocycles. The van der Waals surface area contributed by atoms with E-state index in [1.807, 2.05) is 0 Å². The van der Waals surface area contributed by atoms with Crippen molar-refractivity contribution in [3.63, 3.8) is 0 Å². The number of nitrogens with one attached hydrogen (secondary N) is 1. The Morgan fingerprint density at radius 3 is 2.67 bits per heavy atom. The molecule has 1 rings (SSSR count). The number of ether oxygens (including phenoxy) is 1. The summed E-state index contributed by atoms with van der Waals surface area (Å²) in [6.07, 6.45) is 4.70. The van der Waals surface area contributed by atoms with Gasteiger partial charge in [-0.25, -0.2) is 0 Å². The van der Waals surface area contributed by atoms with Gasteiger partial charge in [0.1, 0.15) is 18.8 Å². The largest absolute Gasteiger partial charge is 0.464 e. The number of rotatable bonds is 0. The molecular formula is C11H19NO3. The number of carbonyl (C=O) groups is 2. The molecule has 0 aliphatic carbocycles. The standard InChI is InChI=1S/C11H19NO3/c13-10-5-3-1-2-4-6-12-7-8-15-11(14)9-10/h12H,1-9H2. The molecule has 1 N–H and O–H groups in total. The summed E-state index contributed by atoms with van der Waals surface area (Å²) in [5.74, 6) is -0.381. The van der Waals surface area contributed by atoms with Crippen LogP contribution in [-0.4, -0.2) is 31.4 Å². The minimum Gasteiger partial charge on any atom is -0.464 e. The molecule has 0 aromatic rings. The zero-order valence-corrected chi connectivity index (χ0v) is 9.09. The van der Waals surface area contributed by atoms with Crippen molar-refractivity contribution in [2.75, 3.05) is 19.7 Å². The fraction of sp³-hybridized carbons (Fsp3) is 0.818. The van der Waals surface area contributed by atoms with Gasteiger partial charge in [-0.2, -0.15) is 0 Å². The molecule has 1 saturated heterocycles. The summed E-state index contributed by atoms with van der Waals surface area (Å²) >= 11 is 0. The van der Waals surface area contributed by atoms with Crippen molar-refractivity contribution in [1.29, 1.82) is 0 Å².